The van der Waals surface area contributed by atoms with Gasteiger partial charge in [-0.2, -0.15) is 0 Å². The molecule has 1 amide bonds. The topological polar surface area (TPSA) is 42.0 Å². The molecule has 1 aliphatic rings. The number of benzene rings is 1. The zero-order valence-corrected chi connectivity index (χ0v) is 16.0. The van der Waals surface area contributed by atoms with E-state index in [0.717, 1.165) is 18.4 Å². The lowest BCUT2D eigenvalue weighted by Gasteiger charge is -2.33. The van der Waals surface area contributed by atoms with Crippen molar-refractivity contribution in [3.8, 4) is 11.5 Å². The molecule has 27 heavy (non-hydrogen) atoms. The Morgan fingerprint density at radius 3 is 2.59 bits per heavy atom. The summed E-state index contributed by atoms with van der Waals surface area (Å²) in [7, 11) is 1.58. The molecule has 2 rings (SSSR count). The van der Waals surface area contributed by atoms with Gasteiger partial charge in [-0.25, -0.2) is 8.78 Å². The van der Waals surface area contributed by atoms with Crippen LogP contribution in [0.4, 0.5) is 8.78 Å². The van der Waals surface area contributed by atoms with Crippen molar-refractivity contribution in [2.24, 2.45) is 0 Å². The fourth-order valence-corrected chi connectivity index (χ4v) is 2.85. The van der Waals surface area contributed by atoms with Crippen LogP contribution in [0.15, 0.2) is 24.3 Å². The third-order valence-corrected chi connectivity index (χ3v) is 4.44. The van der Waals surface area contributed by atoms with Gasteiger partial charge in [-0.1, -0.05) is 19.4 Å². The minimum Gasteiger partial charge on any atom is -0.493 e. The molecule has 0 spiro atoms. The van der Waals surface area contributed by atoms with E-state index in [1.54, 1.807) is 23.0 Å². The van der Waals surface area contributed by atoms with Gasteiger partial charge in [0.15, 0.2) is 11.5 Å². The molecule has 1 aromatic carbocycles. The first-order valence-corrected chi connectivity index (χ1v) is 9.31. The molecule has 1 saturated heterocycles. The van der Waals surface area contributed by atoms with Crippen LogP contribution < -0.4 is 9.47 Å². The van der Waals surface area contributed by atoms with Crippen molar-refractivity contribution < 1.29 is 23.0 Å². The van der Waals surface area contributed by atoms with Gasteiger partial charge in [-0.15, -0.1) is 0 Å². The number of amides is 1. The highest BCUT2D eigenvalue weighted by Crippen LogP contribution is 2.28. The smallest absolute Gasteiger partial charge is 0.251 e. The molecule has 1 heterocycles. The van der Waals surface area contributed by atoms with E-state index in [1.807, 2.05) is 18.2 Å². The fourth-order valence-electron chi connectivity index (χ4n) is 2.85. The summed E-state index contributed by atoms with van der Waals surface area (Å²) >= 11 is 0. The summed E-state index contributed by atoms with van der Waals surface area (Å²) in [5, 5.41) is 0. The molecule has 7 heteroatoms. The lowest BCUT2D eigenvalue weighted by Crippen LogP contribution is -2.49. The van der Waals surface area contributed by atoms with Crippen molar-refractivity contribution in [1.29, 1.82) is 0 Å². The van der Waals surface area contributed by atoms with Gasteiger partial charge in [0.1, 0.15) is 0 Å². The summed E-state index contributed by atoms with van der Waals surface area (Å²) in [5.74, 6) is 1.19. The van der Waals surface area contributed by atoms with Crippen LogP contribution >= 0.6 is 0 Å². The van der Waals surface area contributed by atoms with Crippen LogP contribution in [0, 0.1) is 0 Å². The third-order valence-electron chi connectivity index (χ3n) is 4.44. The van der Waals surface area contributed by atoms with Crippen molar-refractivity contribution in [2.75, 3.05) is 46.4 Å². The molecule has 1 aliphatic heterocycles. The Balaban J connectivity index is 1.90. The van der Waals surface area contributed by atoms with Crippen LogP contribution in [0.3, 0.4) is 0 Å². The molecule has 150 valence electrons. The fraction of sp³-hybridized carbons (Fsp3) is 0.550. The number of carbonyl (C=O) groups excluding carboxylic acids is 1. The molecule has 1 aromatic rings. The van der Waals surface area contributed by atoms with Gasteiger partial charge in [0.2, 0.25) is 5.91 Å². The van der Waals surface area contributed by atoms with Gasteiger partial charge in [-0.3, -0.25) is 9.69 Å². The average molecular weight is 382 g/mol. The number of nitrogens with zero attached hydrogens (tertiary/aromatic N) is 2. The van der Waals surface area contributed by atoms with Crippen LogP contribution in [-0.4, -0.2) is 68.6 Å². The highest BCUT2D eigenvalue weighted by molar-refractivity contribution is 5.92. The molecule has 0 aliphatic carbocycles. The molecular weight excluding hydrogens is 354 g/mol. The molecule has 5 nitrogen and oxygen atoms in total. The summed E-state index contributed by atoms with van der Waals surface area (Å²) in [6.45, 7) is 4.38. The predicted octanol–water partition coefficient (Wildman–Crippen LogP) is 3.30. The zero-order valence-electron chi connectivity index (χ0n) is 16.0. The first-order valence-electron chi connectivity index (χ1n) is 9.31. The van der Waals surface area contributed by atoms with E-state index in [2.05, 4.69) is 6.92 Å². The first-order chi connectivity index (χ1) is 13.0. The second kappa shape index (κ2) is 10.9. The summed E-state index contributed by atoms with van der Waals surface area (Å²) in [5.41, 5.74) is 0.833. The molecule has 0 bridgehead atoms. The number of ether oxygens (including phenoxy) is 2. The number of carbonyl (C=O) groups is 1. The quantitative estimate of drug-likeness (QED) is 0.486. The average Bonchev–Trinajstić information content (AvgIpc) is 2.67. The maximum Gasteiger partial charge on any atom is 0.251 e. The first kappa shape index (κ1) is 21.2. The Bertz CT molecular complexity index is 630. The van der Waals surface area contributed by atoms with E-state index in [1.165, 1.54) is 6.08 Å². The number of hydrogen-bond donors (Lipinski definition) is 0. The van der Waals surface area contributed by atoms with Crippen molar-refractivity contribution >= 4 is 12.0 Å². The van der Waals surface area contributed by atoms with Crippen molar-refractivity contribution in [1.82, 2.24) is 9.80 Å². The molecule has 0 N–H and O–H groups in total. The Morgan fingerprint density at radius 2 is 1.96 bits per heavy atom. The van der Waals surface area contributed by atoms with Crippen molar-refractivity contribution in [2.45, 2.75) is 26.2 Å². The summed E-state index contributed by atoms with van der Waals surface area (Å²) in [6.07, 6.45) is 2.93. The van der Waals surface area contributed by atoms with E-state index in [-0.39, 0.29) is 12.5 Å². The molecule has 0 saturated carbocycles. The highest BCUT2D eigenvalue weighted by Gasteiger charge is 2.21. The zero-order chi connectivity index (χ0) is 19.6. The van der Waals surface area contributed by atoms with E-state index >= 15 is 0 Å². The van der Waals surface area contributed by atoms with Crippen molar-refractivity contribution in [3.63, 3.8) is 0 Å². The van der Waals surface area contributed by atoms with E-state index in [4.69, 9.17) is 9.47 Å². The van der Waals surface area contributed by atoms with E-state index in [9.17, 15) is 13.6 Å². The minimum atomic E-state index is -2.34. The van der Waals surface area contributed by atoms with E-state index in [0.29, 0.717) is 44.3 Å². The second-order valence-electron chi connectivity index (χ2n) is 6.46. The minimum absolute atomic E-state index is 0.117. The highest BCUT2D eigenvalue weighted by atomic mass is 19.3. The van der Waals surface area contributed by atoms with E-state index < -0.39 is 6.43 Å². The van der Waals surface area contributed by atoms with Crippen LogP contribution in [0.25, 0.3) is 6.08 Å². The summed E-state index contributed by atoms with van der Waals surface area (Å²) in [6, 6.07) is 5.53. The lowest BCUT2D eigenvalue weighted by atomic mass is 10.1. The summed E-state index contributed by atoms with van der Waals surface area (Å²) in [4.78, 5) is 15.7. The van der Waals surface area contributed by atoms with Crippen LogP contribution in [0.2, 0.25) is 0 Å². The van der Waals surface area contributed by atoms with Gasteiger partial charge in [0.25, 0.3) is 6.43 Å². The van der Waals surface area contributed by atoms with Crippen LogP contribution in [-0.2, 0) is 4.79 Å². The number of unbranched alkanes of at least 4 members (excludes halogenated alkanes) is 1. The molecule has 0 unspecified atom stereocenters. The van der Waals surface area contributed by atoms with Gasteiger partial charge in [0.05, 0.1) is 20.3 Å². The number of alkyl halides is 2. The van der Waals surface area contributed by atoms with Gasteiger partial charge < -0.3 is 14.4 Å². The monoisotopic (exact) mass is 382 g/mol. The maximum absolute atomic E-state index is 12.4. The maximum atomic E-state index is 12.4. The number of piperazine rings is 1. The Hall–Kier alpha value is -2.15. The molecular formula is C20H28F2N2O3. The standard InChI is InChI=1S/C20H28F2N2O3/c1-3-4-13-27-17-7-5-16(14-18(17)26-2)6-8-20(25)24-11-9-23(10-12-24)15-19(21)22/h5-8,14,19H,3-4,9-13,15H2,1-2H3/b8-6+. The Kier molecular flexibility index (Phi) is 8.51. The Labute approximate surface area is 159 Å². The third kappa shape index (κ3) is 6.82. The molecule has 0 atom stereocenters. The lowest BCUT2D eigenvalue weighted by molar-refractivity contribution is -0.127. The largest absolute Gasteiger partial charge is 0.493 e. The second-order valence-corrected chi connectivity index (χ2v) is 6.46. The number of methoxy groups -OCH3 is 1. The molecule has 0 radical (unpaired) electrons. The summed E-state index contributed by atoms with van der Waals surface area (Å²) < 4.78 is 35.9. The number of hydrogen-bond acceptors (Lipinski definition) is 4. The van der Waals surface area contributed by atoms with Crippen molar-refractivity contribution in [3.05, 3.63) is 29.8 Å². The Morgan fingerprint density at radius 1 is 1.22 bits per heavy atom. The SMILES string of the molecule is CCCCOc1ccc(/C=C/C(=O)N2CCN(CC(F)F)CC2)cc1OC. The predicted molar refractivity (Wildman–Crippen MR) is 101 cm³/mol. The van der Waals surface area contributed by atoms with Crippen LogP contribution in [0.1, 0.15) is 25.3 Å². The normalized spacial score (nSPS) is 15.5. The molecule has 0 aromatic heterocycles. The van der Waals surface area contributed by atoms with Gasteiger partial charge in [-0.05, 0) is 30.2 Å². The van der Waals surface area contributed by atoms with Gasteiger partial charge >= 0.3 is 0 Å². The number of rotatable bonds is 9. The number of halogens is 2. The van der Waals surface area contributed by atoms with Gasteiger partial charge in [0, 0.05) is 32.3 Å². The molecule has 1 fully saturated rings. The van der Waals surface area contributed by atoms with Crippen LogP contribution in [0.5, 0.6) is 11.5 Å².